The molecule has 160 valence electrons. The molecular formula is C21H23F3N4O2. The van der Waals surface area contributed by atoms with Gasteiger partial charge in [-0.15, -0.1) is 0 Å². The van der Waals surface area contributed by atoms with E-state index in [1.165, 1.54) is 12.1 Å². The van der Waals surface area contributed by atoms with Gasteiger partial charge >= 0.3 is 6.18 Å². The van der Waals surface area contributed by atoms with Crippen LogP contribution in [0.1, 0.15) is 44.5 Å². The van der Waals surface area contributed by atoms with E-state index in [0.29, 0.717) is 22.6 Å². The lowest BCUT2D eigenvalue weighted by atomic mass is 9.86. The summed E-state index contributed by atoms with van der Waals surface area (Å²) in [6, 6.07) is 5.33. The minimum atomic E-state index is -4.50. The zero-order valence-electron chi connectivity index (χ0n) is 16.9. The van der Waals surface area contributed by atoms with Gasteiger partial charge in [-0.25, -0.2) is 0 Å². The normalized spacial score (nSPS) is 12.9. The van der Waals surface area contributed by atoms with Gasteiger partial charge in [-0.2, -0.15) is 18.3 Å². The van der Waals surface area contributed by atoms with Gasteiger partial charge in [0.25, 0.3) is 5.91 Å². The number of hydrogen-bond acceptors (Lipinski definition) is 4. The molecule has 1 atom stereocenters. The Morgan fingerprint density at radius 2 is 1.93 bits per heavy atom. The van der Waals surface area contributed by atoms with Crippen LogP contribution in [0.2, 0.25) is 0 Å². The van der Waals surface area contributed by atoms with Gasteiger partial charge in [-0.05, 0) is 44.0 Å². The van der Waals surface area contributed by atoms with Crippen LogP contribution < -0.4 is 11.5 Å². The Morgan fingerprint density at radius 1 is 1.27 bits per heavy atom. The van der Waals surface area contributed by atoms with Gasteiger partial charge in [0.2, 0.25) is 0 Å². The maximum Gasteiger partial charge on any atom is 0.416 e. The lowest BCUT2D eigenvalue weighted by Gasteiger charge is -2.20. The van der Waals surface area contributed by atoms with Crippen molar-refractivity contribution in [3.63, 3.8) is 0 Å². The molecule has 2 aromatic heterocycles. The van der Waals surface area contributed by atoms with Gasteiger partial charge in [0.05, 0.1) is 17.5 Å². The van der Waals surface area contributed by atoms with Crippen molar-refractivity contribution >= 4 is 5.91 Å². The molecule has 0 fully saturated rings. The van der Waals surface area contributed by atoms with Gasteiger partial charge in [-0.3, -0.25) is 9.48 Å². The number of hydrogen-bond donors (Lipinski definition) is 2. The molecule has 0 spiro atoms. The average molecular weight is 420 g/mol. The standard InChI is InChI=1S/C21H23F3N4O2/c1-11-10-27-28(3)18(11)16-12(2)30-19(20(26)29)17(16)14(9-25)8-13-6-4-5-7-15(13)21(22,23)24/h4-7,10,14H,8-9,25H2,1-3H3,(H2,26,29)/t14-/m1/s1. The molecule has 3 rings (SSSR count). The van der Waals surface area contributed by atoms with E-state index in [9.17, 15) is 18.0 Å². The van der Waals surface area contributed by atoms with E-state index in [-0.39, 0.29) is 24.3 Å². The number of carbonyl (C=O) groups is 1. The number of aromatic nitrogens is 2. The van der Waals surface area contributed by atoms with E-state index in [1.54, 1.807) is 30.9 Å². The van der Waals surface area contributed by atoms with Gasteiger partial charge in [-0.1, -0.05) is 18.2 Å². The number of alkyl halides is 3. The number of aryl methyl sites for hydroxylation is 3. The predicted molar refractivity (Wildman–Crippen MR) is 106 cm³/mol. The second-order valence-corrected chi connectivity index (χ2v) is 7.23. The molecule has 0 aliphatic heterocycles. The van der Waals surface area contributed by atoms with Crippen molar-refractivity contribution in [2.45, 2.75) is 32.4 Å². The lowest BCUT2D eigenvalue weighted by molar-refractivity contribution is -0.138. The van der Waals surface area contributed by atoms with Crippen molar-refractivity contribution in [1.82, 2.24) is 9.78 Å². The third-order valence-electron chi connectivity index (χ3n) is 5.19. The molecule has 2 heterocycles. The monoisotopic (exact) mass is 420 g/mol. The molecule has 0 aliphatic carbocycles. The van der Waals surface area contributed by atoms with Crippen LogP contribution in [0.4, 0.5) is 13.2 Å². The topological polar surface area (TPSA) is 100 Å². The van der Waals surface area contributed by atoms with E-state index in [2.05, 4.69) is 5.10 Å². The Labute approximate surface area is 171 Å². The Balaban J connectivity index is 2.20. The number of nitrogens with two attached hydrogens (primary N) is 2. The highest BCUT2D eigenvalue weighted by Gasteiger charge is 2.35. The van der Waals surface area contributed by atoms with Crippen molar-refractivity contribution in [3.05, 3.63) is 64.2 Å². The molecule has 0 saturated carbocycles. The van der Waals surface area contributed by atoms with Crippen LogP contribution in [0.15, 0.2) is 34.9 Å². The number of furan rings is 1. The summed E-state index contributed by atoms with van der Waals surface area (Å²) < 4.78 is 47.8. The van der Waals surface area contributed by atoms with Crippen molar-refractivity contribution in [1.29, 1.82) is 0 Å². The summed E-state index contributed by atoms with van der Waals surface area (Å²) in [6.45, 7) is 3.52. The maximum absolute atomic E-state index is 13.5. The number of amides is 1. The second-order valence-electron chi connectivity index (χ2n) is 7.23. The molecule has 30 heavy (non-hydrogen) atoms. The molecular weight excluding hydrogens is 397 g/mol. The third kappa shape index (κ3) is 3.85. The fourth-order valence-corrected chi connectivity index (χ4v) is 3.88. The number of halogens is 3. The van der Waals surface area contributed by atoms with Gasteiger partial charge in [0, 0.05) is 24.1 Å². The fraction of sp³-hybridized carbons (Fsp3) is 0.333. The molecule has 0 unspecified atom stereocenters. The zero-order valence-corrected chi connectivity index (χ0v) is 16.9. The highest BCUT2D eigenvalue weighted by atomic mass is 19.4. The number of primary amides is 1. The van der Waals surface area contributed by atoms with Crippen molar-refractivity contribution < 1.29 is 22.4 Å². The molecule has 0 aliphatic rings. The van der Waals surface area contributed by atoms with Crippen LogP contribution in [-0.2, 0) is 19.6 Å². The third-order valence-corrected chi connectivity index (χ3v) is 5.19. The molecule has 9 heteroatoms. The first-order valence-corrected chi connectivity index (χ1v) is 9.33. The molecule has 3 aromatic rings. The molecule has 4 N–H and O–H groups in total. The summed E-state index contributed by atoms with van der Waals surface area (Å²) in [4.78, 5) is 12.1. The van der Waals surface area contributed by atoms with Crippen molar-refractivity contribution in [2.75, 3.05) is 6.54 Å². The fourth-order valence-electron chi connectivity index (χ4n) is 3.88. The summed E-state index contributed by atoms with van der Waals surface area (Å²) in [6.07, 6.45) is -2.88. The van der Waals surface area contributed by atoms with Gasteiger partial charge in [0.1, 0.15) is 5.76 Å². The number of benzene rings is 1. The molecule has 0 bridgehead atoms. The number of rotatable bonds is 6. The molecule has 1 aromatic carbocycles. The van der Waals surface area contributed by atoms with Gasteiger partial charge in [0.15, 0.2) is 5.76 Å². The van der Waals surface area contributed by atoms with E-state index in [0.717, 1.165) is 11.6 Å². The molecule has 6 nitrogen and oxygen atoms in total. The summed E-state index contributed by atoms with van der Waals surface area (Å²) in [5.41, 5.74) is 13.4. The Morgan fingerprint density at radius 3 is 2.47 bits per heavy atom. The van der Waals surface area contributed by atoms with Crippen LogP contribution >= 0.6 is 0 Å². The Hall–Kier alpha value is -3.07. The summed E-state index contributed by atoms with van der Waals surface area (Å²) in [7, 11) is 1.74. The summed E-state index contributed by atoms with van der Waals surface area (Å²) in [5.74, 6) is -1.10. The van der Waals surface area contributed by atoms with Crippen LogP contribution in [0.25, 0.3) is 11.3 Å². The smallest absolute Gasteiger partial charge is 0.416 e. The van der Waals surface area contributed by atoms with E-state index >= 15 is 0 Å². The quantitative estimate of drug-likeness (QED) is 0.635. The summed E-state index contributed by atoms with van der Waals surface area (Å²) >= 11 is 0. The SMILES string of the molecule is Cc1cnn(C)c1-c1c(C)oc(C(N)=O)c1[C@@H](CN)Cc1ccccc1C(F)(F)F. The minimum absolute atomic E-state index is 0.00462. The first-order valence-electron chi connectivity index (χ1n) is 9.33. The lowest BCUT2D eigenvalue weighted by Crippen LogP contribution is -2.22. The van der Waals surface area contributed by atoms with E-state index in [1.807, 2.05) is 6.92 Å². The second kappa shape index (κ2) is 7.98. The van der Waals surface area contributed by atoms with Crippen LogP contribution in [0.3, 0.4) is 0 Å². The number of nitrogens with zero attached hydrogens (tertiary/aromatic N) is 2. The average Bonchev–Trinajstić information content (AvgIpc) is 3.18. The van der Waals surface area contributed by atoms with Crippen molar-refractivity contribution in [2.24, 2.45) is 18.5 Å². The Bertz CT molecular complexity index is 1060. The minimum Gasteiger partial charge on any atom is -0.455 e. The van der Waals surface area contributed by atoms with Crippen molar-refractivity contribution in [3.8, 4) is 11.3 Å². The predicted octanol–water partition coefficient (Wildman–Crippen LogP) is 3.70. The largest absolute Gasteiger partial charge is 0.455 e. The highest BCUT2D eigenvalue weighted by Crippen LogP contribution is 2.41. The van der Waals surface area contributed by atoms with Crippen LogP contribution in [-0.4, -0.2) is 22.2 Å². The Kier molecular flexibility index (Phi) is 5.76. The van der Waals surface area contributed by atoms with Crippen LogP contribution in [0.5, 0.6) is 0 Å². The summed E-state index contributed by atoms with van der Waals surface area (Å²) in [5, 5.41) is 4.22. The number of carbonyl (C=O) groups excluding carboxylic acids is 1. The molecule has 1 amide bonds. The molecule has 0 saturated heterocycles. The van der Waals surface area contributed by atoms with Gasteiger partial charge < -0.3 is 15.9 Å². The first kappa shape index (κ1) is 21.6. The van der Waals surface area contributed by atoms with E-state index in [4.69, 9.17) is 15.9 Å². The van der Waals surface area contributed by atoms with E-state index < -0.39 is 23.6 Å². The first-order chi connectivity index (χ1) is 14.1. The zero-order chi connectivity index (χ0) is 22.2. The molecule has 0 radical (unpaired) electrons. The highest BCUT2D eigenvalue weighted by molar-refractivity contribution is 5.94. The van der Waals surface area contributed by atoms with Crippen LogP contribution in [0, 0.1) is 13.8 Å². The maximum atomic E-state index is 13.5.